The third kappa shape index (κ3) is 6.39. The fraction of sp³-hybridized carbons (Fsp3) is 0.240. The van der Waals surface area contributed by atoms with E-state index in [9.17, 15) is 4.79 Å². The molecule has 150 valence electrons. The largest absolute Gasteiger partial charge is 0.489 e. The minimum absolute atomic E-state index is 0.0771. The van der Waals surface area contributed by atoms with Gasteiger partial charge in [-0.3, -0.25) is 4.79 Å². The Morgan fingerprint density at radius 3 is 2.03 bits per heavy atom. The van der Waals surface area contributed by atoms with Gasteiger partial charge in [0.15, 0.2) is 0 Å². The van der Waals surface area contributed by atoms with E-state index >= 15 is 0 Å². The van der Waals surface area contributed by atoms with Gasteiger partial charge in [-0.15, -0.1) is 0 Å². The number of anilines is 1. The Bertz CT molecular complexity index is 878. The molecule has 0 heterocycles. The SMILES string of the molecule is CC(C)N(Cc1ccccc1)C(=O)CNc1ccc(OCc2ccccc2)cc1. The second-order valence-electron chi connectivity index (χ2n) is 7.25. The van der Waals surface area contributed by atoms with Crippen LogP contribution in [0.4, 0.5) is 5.69 Å². The fourth-order valence-electron chi connectivity index (χ4n) is 3.03. The lowest BCUT2D eigenvalue weighted by Gasteiger charge is -2.27. The van der Waals surface area contributed by atoms with E-state index in [1.807, 2.05) is 104 Å². The maximum absolute atomic E-state index is 12.7. The zero-order chi connectivity index (χ0) is 20.5. The molecule has 0 saturated carbocycles. The predicted octanol–water partition coefficient (Wildman–Crippen LogP) is 5.11. The molecule has 3 rings (SSSR count). The summed E-state index contributed by atoms with van der Waals surface area (Å²) in [6, 6.07) is 28.0. The number of hydrogen-bond acceptors (Lipinski definition) is 3. The van der Waals surface area contributed by atoms with Gasteiger partial charge < -0.3 is 15.0 Å². The molecule has 0 saturated heterocycles. The van der Waals surface area contributed by atoms with Crippen LogP contribution in [0, 0.1) is 0 Å². The van der Waals surface area contributed by atoms with Crippen LogP contribution in [0.1, 0.15) is 25.0 Å². The summed E-state index contributed by atoms with van der Waals surface area (Å²) in [6.45, 7) is 5.49. The normalized spacial score (nSPS) is 10.6. The van der Waals surface area contributed by atoms with Crippen LogP contribution in [0.15, 0.2) is 84.9 Å². The predicted molar refractivity (Wildman–Crippen MR) is 118 cm³/mol. The summed E-state index contributed by atoms with van der Waals surface area (Å²) in [5.74, 6) is 0.881. The van der Waals surface area contributed by atoms with Crippen LogP contribution >= 0.6 is 0 Å². The summed E-state index contributed by atoms with van der Waals surface area (Å²) in [7, 11) is 0. The average molecular weight is 389 g/mol. The van der Waals surface area contributed by atoms with Crippen LogP contribution in [0.25, 0.3) is 0 Å². The molecule has 0 aromatic heterocycles. The summed E-state index contributed by atoms with van der Waals surface area (Å²) >= 11 is 0. The summed E-state index contributed by atoms with van der Waals surface area (Å²) in [4.78, 5) is 14.6. The van der Waals surface area contributed by atoms with Crippen molar-refractivity contribution in [3.63, 3.8) is 0 Å². The highest BCUT2D eigenvalue weighted by Crippen LogP contribution is 2.17. The van der Waals surface area contributed by atoms with Crippen LogP contribution < -0.4 is 10.1 Å². The van der Waals surface area contributed by atoms with Crippen LogP contribution in [0.5, 0.6) is 5.75 Å². The molecule has 1 N–H and O–H groups in total. The van der Waals surface area contributed by atoms with Gasteiger partial charge in [0, 0.05) is 18.3 Å². The van der Waals surface area contributed by atoms with E-state index in [0.29, 0.717) is 13.2 Å². The van der Waals surface area contributed by atoms with Crippen LogP contribution in [-0.4, -0.2) is 23.4 Å². The number of carbonyl (C=O) groups is 1. The Kier molecular flexibility index (Phi) is 7.28. The van der Waals surface area contributed by atoms with Crippen molar-refractivity contribution in [2.24, 2.45) is 0 Å². The van der Waals surface area contributed by atoms with Crippen molar-refractivity contribution in [1.29, 1.82) is 0 Å². The molecule has 4 nitrogen and oxygen atoms in total. The Labute approximate surface area is 173 Å². The van der Waals surface area contributed by atoms with E-state index in [1.54, 1.807) is 0 Å². The van der Waals surface area contributed by atoms with Gasteiger partial charge >= 0.3 is 0 Å². The first-order chi connectivity index (χ1) is 14.1. The lowest BCUT2D eigenvalue weighted by molar-refractivity contribution is -0.131. The molecule has 0 bridgehead atoms. The molecule has 4 heteroatoms. The quantitative estimate of drug-likeness (QED) is 0.553. The summed E-state index contributed by atoms with van der Waals surface area (Å²) in [6.07, 6.45) is 0. The molecule has 3 aromatic carbocycles. The fourth-order valence-corrected chi connectivity index (χ4v) is 3.03. The van der Waals surface area contributed by atoms with Crippen molar-refractivity contribution in [3.05, 3.63) is 96.1 Å². The van der Waals surface area contributed by atoms with Crippen molar-refractivity contribution < 1.29 is 9.53 Å². The van der Waals surface area contributed by atoms with Crippen molar-refractivity contribution in [2.45, 2.75) is 33.0 Å². The third-order valence-electron chi connectivity index (χ3n) is 4.69. The zero-order valence-electron chi connectivity index (χ0n) is 17.0. The van der Waals surface area contributed by atoms with Gasteiger partial charge in [0.1, 0.15) is 12.4 Å². The van der Waals surface area contributed by atoms with Crippen molar-refractivity contribution in [1.82, 2.24) is 4.90 Å². The molecule has 0 aliphatic heterocycles. The third-order valence-corrected chi connectivity index (χ3v) is 4.69. The Hall–Kier alpha value is -3.27. The highest BCUT2D eigenvalue weighted by Gasteiger charge is 2.17. The first-order valence-corrected chi connectivity index (χ1v) is 9.96. The van der Waals surface area contributed by atoms with Gasteiger partial charge in [0.25, 0.3) is 0 Å². The monoisotopic (exact) mass is 388 g/mol. The number of nitrogens with one attached hydrogen (secondary N) is 1. The molecule has 0 aliphatic rings. The molecule has 0 aliphatic carbocycles. The molecular formula is C25H28N2O2. The number of ether oxygens (including phenoxy) is 1. The first-order valence-electron chi connectivity index (χ1n) is 9.96. The highest BCUT2D eigenvalue weighted by atomic mass is 16.5. The van der Waals surface area contributed by atoms with Crippen molar-refractivity contribution in [2.75, 3.05) is 11.9 Å². The minimum Gasteiger partial charge on any atom is -0.489 e. The maximum atomic E-state index is 12.7. The van der Waals surface area contributed by atoms with Crippen LogP contribution in [0.3, 0.4) is 0 Å². The first kappa shape index (κ1) is 20.5. The summed E-state index contributed by atoms with van der Waals surface area (Å²) < 4.78 is 5.81. The average Bonchev–Trinajstić information content (AvgIpc) is 2.76. The Morgan fingerprint density at radius 2 is 1.45 bits per heavy atom. The highest BCUT2D eigenvalue weighted by molar-refractivity contribution is 5.81. The number of hydrogen-bond donors (Lipinski definition) is 1. The van der Waals surface area contributed by atoms with Gasteiger partial charge in [0.2, 0.25) is 5.91 Å². The molecule has 0 radical (unpaired) electrons. The van der Waals surface area contributed by atoms with Gasteiger partial charge in [-0.2, -0.15) is 0 Å². The second kappa shape index (κ2) is 10.3. The van der Waals surface area contributed by atoms with Gasteiger partial charge in [-0.25, -0.2) is 0 Å². The van der Waals surface area contributed by atoms with E-state index in [0.717, 1.165) is 22.6 Å². The molecule has 1 amide bonds. The lowest BCUT2D eigenvalue weighted by atomic mass is 10.2. The summed E-state index contributed by atoms with van der Waals surface area (Å²) in [5.41, 5.74) is 3.16. The number of rotatable bonds is 9. The Balaban J connectivity index is 1.51. The van der Waals surface area contributed by atoms with E-state index < -0.39 is 0 Å². The van der Waals surface area contributed by atoms with Crippen molar-refractivity contribution in [3.8, 4) is 5.75 Å². The van der Waals surface area contributed by atoms with Gasteiger partial charge in [-0.1, -0.05) is 60.7 Å². The molecular weight excluding hydrogens is 360 g/mol. The van der Waals surface area contributed by atoms with E-state index in [-0.39, 0.29) is 18.5 Å². The van der Waals surface area contributed by atoms with E-state index in [1.165, 1.54) is 0 Å². The van der Waals surface area contributed by atoms with Gasteiger partial charge in [-0.05, 0) is 49.2 Å². The number of carbonyl (C=O) groups excluding carboxylic acids is 1. The molecule has 29 heavy (non-hydrogen) atoms. The minimum atomic E-state index is 0.0771. The molecule has 0 fully saturated rings. The van der Waals surface area contributed by atoms with Crippen LogP contribution in [0.2, 0.25) is 0 Å². The Morgan fingerprint density at radius 1 is 0.862 bits per heavy atom. The number of amides is 1. The topological polar surface area (TPSA) is 41.6 Å². The smallest absolute Gasteiger partial charge is 0.242 e. The zero-order valence-corrected chi connectivity index (χ0v) is 17.0. The molecule has 0 unspecified atom stereocenters. The molecule has 0 spiro atoms. The molecule has 0 atom stereocenters. The second-order valence-corrected chi connectivity index (χ2v) is 7.25. The molecule has 3 aromatic rings. The summed E-state index contributed by atoms with van der Waals surface area (Å²) in [5, 5.41) is 3.22. The number of nitrogens with zero attached hydrogens (tertiary/aromatic N) is 1. The van der Waals surface area contributed by atoms with Crippen molar-refractivity contribution >= 4 is 11.6 Å². The number of benzene rings is 3. The van der Waals surface area contributed by atoms with Crippen LogP contribution in [-0.2, 0) is 17.9 Å². The van der Waals surface area contributed by atoms with E-state index in [2.05, 4.69) is 5.32 Å². The van der Waals surface area contributed by atoms with Gasteiger partial charge in [0.05, 0.1) is 6.54 Å². The lowest BCUT2D eigenvalue weighted by Crippen LogP contribution is -2.39. The van der Waals surface area contributed by atoms with E-state index in [4.69, 9.17) is 4.74 Å². The standard InChI is InChI=1S/C25H28N2O2/c1-20(2)27(18-21-9-5-3-6-10-21)25(28)17-26-23-13-15-24(16-14-23)29-19-22-11-7-4-8-12-22/h3-16,20,26H,17-19H2,1-2H3. The maximum Gasteiger partial charge on any atom is 0.242 e.